The number of nitrogens with zero attached hydrogens (tertiary/aromatic N) is 3. The minimum absolute atomic E-state index is 0.220. The van der Waals surface area contributed by atoms with Gasteiger partial charge in [-0.05, 0) is 30.7 Å². The minimum Gasteiger partial charge on any atom is -0.482 e. The molecule has 5 aromatic rings. The van der Waals surface area contributed by atoms with Crippen molar-refractivity contribution in [2.75, 3.05) is 18.0 Å². The zero-order chi connectivity index (χ0) is 24.1. The van der Waals surface area contributed by atoms with Crippen molar-refractivity contribution in [1.82, 2.24) is 14.4 Å². The van der Waals surface area contributed by atoms with Crippen LogP contribution < -0.4 is 21.0 Å². The zero-order valence-corrected chi connectivity index (χ0v) is 19.5. The number of fused-ring (bicyclic) bond motifs is 2. The molecule has 6 rings (SSSR count). The summed E-state index contributed by atoms with van der Waals surface area (Å²) in [6.07, 6.45) is 1.02. The van der Waals surface area contributed by atoms with E-state index in [1.807, 2.05) is 25.1 Å². The van der Waals surface area contributed by atoms with Gasteiger partial charge in [-0.15, -0.1) is 0 Å². The van der Waals surface area contributed by atoms with Gasteiger partial charge < -0.3 is 14.1 Å². The Morgan fingerprint density at radius 2 is 1.91 bits per heavy atom. The number of rotatable bonds is 5. The Labute approximate surface area is 204 Å². The molecule has 1 saturated heterocycles. The first-order valence-electron chi connectivity index (χ1n) is 11.3. The van der Waals surface area contributed by atoms with E-state index in [-0.39, 0.29) is 5.56 Å². The molecule has 3 aromatic heterocycles. The van der Waals surface area contributed by atoms with E-state index in [9.17, 15) is 9.59 Å². The molecule has 1 N–H and O–H groups in total. The van der Waals surface area contributed by atoms with Gasteiger partial charge in [0.25, 0.3) is 5.56 Å². The molecule has 1 aliphatic rings. The molecule has 8 nitrogen and oxygen atoms in total. The first-order valence-corrected chi connectivity index (χ1v) is 11.7. The number of aromatic nitrogens is 3. The van der Waals surface area contributed by atoms with E-state index in [1.165, 1.54) is 16.0 Å². The monoisotopic (exact) mass is 488 g/mol. The number of oxazole rings is 1. The van der Waals surface area contributed by atoms with Crippen LogP contribution in [0.4, 0.5) is 5.82 Å². The van der Waals surface area contributed by atoms with Gasteiger partial charge in [-0.3, -0.25) is 14.2 Å². The third kappa shape index (κ3) is 3.85. The number of para-hydroxylation sites is 1. The number of pyridine rings is 1. The van der Waals surface area contributed by atoms with Crippen LogP contribution in [0.15, 0.2) is 80.9 Å². The minimum atomic E-state index is -0.557. The van der Waals surface area contributed by atoms with Crippen LogP contribution in [0, 0.1) is 0 Å². The molecule has 1 fully saturated rings. The molecule has 0 spiro atoms. The van der Waals surface area contributed by atoms with Crippen molar-refractivity contribution >= 4 is 34.2 Å². The Morgan fingerprint density at radius 1 is 1.11 bits per heavy atom. The molecule has 2 aromatic carbocycles. The average Bonchev–Trinajstić information content (AvgIpc) is 3.20. The van der Waals surface area contributed by atoms with Gasteiger partial charge in [0.15, 0.2) is 11.3 Å². The lowest BCUT2D eigenvalue weighted by Gasteiger charge is -2.40. The molecule has 0 saturated carbocycles. The van der Waals surface area contributed by atoms with E-state index in [2.05, 4.69) is 22.0 Å². The molecule has 0 aliphatic carbocycles. The molecular formula is C26H21ClN4O4. The van der Waals surface area contributed by atoms with E-state index in [1.54, 1.807) is 30.5 Å². The highest BCUT2D eigenvalue weighted by molar-refractivity contribution is 6.30. The summed E-state index contributed by atoms with van der Waals surface area (Å²) < 4.78 is 12.8. The summed E-state index contributed by atoms with van der Waals surface area (Å²) in [5.74, 6) is 0.869. The van der Waals surface area contributed by atoms with Crippen LogP contribution in [0.25, 0.3) is 16.7 Å². The van der Waals surface area contributed by atoms with Crippen LogP contribution in [0.3, 0.4) is 0 Å². The molecule has 0 radical (unpaired) electrons. The van der Waals surface area contributed by atoms with Gasteiger partial charge in [0.05, 0.1) is 10.5 Å². The van der Waals surface area contributed by atoms with Crippen molar-refractivity contribution in [2.45, 2.75) is 18.9 Å². The van der Waals surface area contributed by atoms with Crippen molar-refractivity contribution in [3.63, 3.8) is 0 Å². The van der Waals surface area contributed by atoms with Crippen molar-refractivity contribution in [1.29, 1.82) is 0 Å². The second kappa shape index (κ2) is 8.32. The summed E-state index contributed by atoms with van der Waals surface area (Å²) in [5, 5.41) is 0.388. The summed E-state index contributed by atoms with van der Waals surface area (Å²) in [4.78, 5) is 34.2. The fraction of sp³-hybridized carbons (Fsp3) is 0.192. The summed E-state index contributed by atoms with van der Waals surface area (Å²) in [6.45, 7) is 3.41. The molecule has 0 amide bonds. The summed E-state index contributed by atoms with van der Waals surface area (Å²) in [6, 6.07) is 18.8. The SMILES string of the molecule is C[C@H](Oc1cccc2[nH]c(=O)oc12)c1cc(Cl)cn2c(=O)cc(N3CC(c4ccccc4)C3)nc12. The van der Waals surface area contributed by atoms with Crippen LogP contribution in [-0.4, -0.2) is 27.5 Å². The third-order valence-electron chi connectivity index (χ3n) is 6.37. The number of ether oxygens (including phenoxy) is 1. The smallest absolute Gasteiger partial charge is 0.417 e. The average molecular weight is 489 g/mol. The molecule has 1 aliphatic heterocycles. The number of nitrogens with one attached hydrogen (secondary N) is 1. The topological polar surface area (TPSA) is 92.8 Å². The molecular weight excluding hydrogens is 468 g/mol. The number of H-pyrrole nitrogens is 1. The summed E-state index contributed by atoms with van der Waals surface area (Å²) in [5.41, 5.74) is 3.04. The van der Waals surface area contributed by atoms with E-state index in [4.69, 9.17) is 25.7 Å². The Kier molecular flexibility index (Phi) is 5.11. The molecule has 176 valence electrons. The van der Waals surface area contributed by atoms with Crippen molar-refractivity contribution < 1.29 is 9.15 Å². The number of hydrogen-bond donors (Lipinski definition) is 1. The summed E-state index contributed by atoms with van der Waals surface area (Å²) in [7, 11) is 0. The zero-order valence-electron chi connectivity index (χ0n) is 18.8. The van der Waals surface area contributed by atoms with Crippen LogP contribution in [-0.2, 0) is 0 Å². The number of hydrogen-bond acceptors (Lipinski definition) is 6. The highest BCUT2D eigenvalue weighted by atomic mass is 35.5. The van der Waals surface area contributed by atoms with Gasteiger partial charge in [-0.25, -0.2) is 9.78 Å². The van der Waals surface area contributed by atoms with Crippen molar-refractivity contribution in [3.8, 4) is 5.75 Å². The molecule has 9 heteroatoms. The predicted octanol–water partition coefficient (Wildman–Crippen LogP) is 4.53. The number of benzene rings is 2. The second-order valence-corrected chi connectivity index (χ2v) is 9.12. The predicted molar refractivity (Wildman–Crippen MR) is 134 cm³/mol. The van der Waals surface area contributed by atoms with E-state index < -0.39 is 11.9 Å². The largest absolute Gasteiger partial charge is 0.482 e. The standard InChI is InChI=1S/C26H21ClN4O4/c1-15(34-21-9-5-8-20-24(21)35-26(33)28-20)19-10-18(27)14-31-23(32)11-22(29-25(19)31)30-12-17(13-30)16-6-3-2-4-7-16/h2-11,14-15,17H,12-13H2,1H3,(H,28,33)/t15-/m0/s1. The molecule has 0 unspecified atom stereocenters. The van der Waals surface area contributed by atoms with Gasteiger partial charge in [0.1, 0.15) is 17.6 Å². The maximum Gasteiger partial charge on any atom is 0.417 e. The Balaban J connectivity index is 1.35. The highest BCUT2D eigenvalue weighted by Gasteiger charge is 2.30. The van der Waals surface area contributed by atoms with E-state index >= 15 is 0 Å². The lowest BCUT2D eigenvalue weighted by molar-refractivity contribution is 0.227. The van der Waals surface area contributed by atoms with Crippen LogP contribution >= 0.6 is 11.6 Å². The van der Waals surface area contributed by atoms with Crippen LogP contribution in [0.1, 0.15) is 30.1 Å². The number of aromatic amines is 1. The second-order valence-electron chi connectivity index (χ2n) is 8.68. The van der Waals surface area contributed by atoms with Gasteiger partial charge in [-0.1, -0.05) is 48.0 Å². The van der Waals surface area contributed by atoms with Gasteiger partial charge in [-0.2, -0.15) is 0 Å². The molecule has 1 atom stereocenters. The third-order valence-corrected chi connectivity index (χ3v) is 6.58. The molecule has 35 heavy (non-hydrogen) atoms. The fourth-order valence-corrected chi connectivity index (χ4v) is 4.75. The van der Waals surface area contributed by atoms with Gasteiger partial charge in [0, 0.05) is 36.8 Å². The van der Waals surface area contributed by atoms with Gasteiger partial charge >= 0.3 is 5.76 Å². The van der Waals surface area contributed by atoms with E-state index in [0.717, 1.165) is 13.1 Å². The maximum absolute atomic E-state index is 13.0. The Morgan fingerprint density at radius 3 is 2.71 bits per heavy atom. The first-order chi connectivity index (χ1) is 17.0. The number of halogens is 1. The van der Waals surface area contributed by atoms with Crippen LogP contribution in [0.5, 0.6) is 5.75 Å². The normalized spacial score (nSPS) is 14.9. The molecule has 4 heterocycles. The lowest BCUT2D eigenvalue weighted by atomic mass is 9.91. The molecule has 0 bridgehead atoms. The maximum atomic E-state index is 13.0. The lowest BCUT2D eigenvalue weighted by Crippen LogP contribution is -2.46. The first kappa shape index (κ1) is 21.5. The van der Waals surface area contributed by atoms with Crippen LogP contribution in [0.2, 0.25) is 5.02 Å². The quantitative estimate of drug-likeness (QED) is 0.391. The fourth-order valence-electron chi connectivity index (χ4n) is 4.54. The Hall–Kier alpha value is -4.04. The Bertz CT molecular complexity index is 1670. The van der Waals surface area contributed by atoms with Gasteiger partial charge in [0.2, 0.25) is 0 Å². The van der Waals surface area contributed by atoms with Crippen molar-refractivity contribution in [2.24, 2.45) is 0 Å². The highest BCUT2D eigenvalue weighted by Crippen LogP contribution is 2.33. The number of anilines is 1. The van der Waals surface area contributed by atoms with E-state index in [0.29, 0.717) is 44.8 Å². The van der Waals surface area contributed by atoms with Crippen molar-refractivity contribution in [3.05, 3.63) is 104 Å². The summed E-state index contributed by atoms with van der Waals surface area (Å²) >= 11 is 6.35.